The molecule has 0 aromatic heterocycles. The number of esters is 1. The van der Waals surface area contributed by atoms with Crippen LogP contribution in [0.2, 0.25) is 0 Å². The number of aromatic hydroxyl groups is 1. The Labute approximate surface area is 134 Å². The van der Waals surface area contributed by atoms with E-state index in [4.69, 9.17) is 9.84 Å². The first-order chi connectivity index (χ1) is 11.0. The van der Waals surface area contributed by atoms with E-state index in [0.717, 1.165) is 25.7 Å². The summed E-state index contributed by atoms with van der Waals surface area (Å²) in [5.41, 5.74) is 0.659. The fraction of sp³-hybridized carbons (Fsp3) is 0.438. The Kier molecular flexibility index (Phi) is 5.96. The molecule has 0 aliphatic heterocycles. The molecule has 1 aromatic carbocycles. The van der Waals surface area contributed by atoms with Gasteiger partial charge in [0.25, 0.3) is 5.91 Å². The average molecular weight is 320 g/mol. The summed E-state index contributed by atoms with van der Waals surface area (Å²) in [6, 6.07) is 5.65. The lowest BCUT2D eigenvalue weighted by Crippen LogP contribution is -2.45. The van der Waals surface area contributed by atoms with E-state index in [1.807, 2.05) is 0 Å². The number of hydrogen-bond acceptors (Lipinski definition) is 5. The van der Waals surface area contributed by atoms with Crippen LogP contribution in [0, 0.1) is 0 Å². The van der Waals surface area contributed by atoms with E-state index in [1.165, 1.54) is 12.1 Å². The summed E-state index contributed by atoms with van der Waals surface area (Å²) in [5.74, 6) is -1.14. The molecule has 0 unspecified atom stereocenters. The highest BCUT2D eigenvalue weighted by molar-refractivity contribution is 5.95. The van der Waals surface area contributed by atoms with Crippen LogP contribution in [0.3, 0.4) is 0 Å². The van der Waals surface area contributed by atoms with E-state index in [-0.39, 0.29) is 18.2 Å². The molecule has 23 heavy (non-hydrogen) atoms. The van der Waals surface area contributed by atoms with Gasteiger partial charge in [0, 0.05) is 6.04 Å². The van der Waals surface area contributed by atoms with Crippen molar-refractivity contribution in [3.63, 3.8) is 0 Å². The quantitative estimate of drug-likeness (QED) is 0.708. The molecule has 3 amide bonds. The van der Waals surface area contributed by atoms with Gasteiger partial charge in [0.15, 0.2) is 6.61 Å². The van der Waals surface area contributed by atoms with Crippen molar-refractivity contribution in [2.45, 2.75) is 38.1 Å². The number of benzene rings is 1. The van der Waals surface area contributed by atoms with Gasteiger partial charge in [-0.3, -0.25) is 14.9 Å². The second-order valence-corrected chi connectivity index (χ2v) is 5.51. The monoisotopic (exact) mass is 320 g/mol. The molecule has 1 aliphatic rings. The number of nitrogens with one attached hydrogen (secondary N) is 2. The predicted molar refractivity (Wildman–Crippen MR) is 81.7 cm³/mol. The molecule has 0 spiro atoms. The van der Waals surface area contributed by atoms with E-state index >= 15 is 0 Å². The van der Waals surface area contributed by atoms with E-state index in [1.54, 1.807) is 12.1 Å². The number of phenols is 1. The van der Waals surface area contributed by atoms with Gasteiger partial charge in [-0.15, -0.1) is 0 Å². The lowest BCUT2D eigenvalue weighted by atomic mass is 10.1. The minimum atomic E-state index is -0.667. The van der Waals surface area contributed by atoms with Gasteiger partial charge in [0.2, 0.25) is 0 Å². The normalized spacial score (nSPS) is 14.3. The number of imide groups is 1. The largest absolute Gasteiger partial charge is 0.508 e. The summed E-state index contributed by atoms with van der Waals surface area (Å²) in [4.78, 5) is 34.7. The zero-order valence-electron chi connectivity index (χ0n) is 12.7. The smallest absolute Gasteiger partial charge is 0.321 e. The van der Waals surface area contributed by atoms with Crippen molar-refractivity contribution in [2.24, 2.45) is 0 Å². The average Bonchev–Trinajstić information content (AvgIpc) is 3.00. The standard InChI is InChI=1S/C16H20N2O5/c19-13-7-5-11(6-8-13)9-15(21)23-10-14(20)18-16(22)17-12-3-1-2-4-12/h5-8,12,19H,1-4,9-10H2,(H2,17,18,20,22). The van der Waals surface area contributed by atoms with Crippen molar-refractivity contribution >= 4 is 17.9 Å². The van der Waals surface area contributed by atoms with E-state index in [2.05, 4.69) is 10.6 Å². The molecule has 0 atom stereocenters. The molecule has 0 saturated heterocycles. The zero-order chi connectivity index (χ0) is 16.7. The summed E-state index contributed by atoms with van der Waals surface area (Å²) in [7, 11) is 0. The fourth-order valence-electron chi connectivity index (χ4n) is 2.43. The van der Waals surface area contributed by atoms with Crippen LogP contribution < -0.4 is 10.6 Å². The molecular formula is C16H20N2O5. The summed E-state index contributed by atoms with van der Waals surface area (Å²) in [5, 5.41) is 14.0. The van der Waals surface area contributed by atoms with E-state index in [0.29, 0.717) is 5.56 Å². The first kappa shape index (κ1) is 16.8. The van der Waals surface area contributed by atoms with Gasteiger partial charge in [-0.2, -0.15) is 0 Å². The number of rotatable bonds is 5. The van der Waals surface area contributed by atoms with Crippen LogP contribution in [0.5, 0.6) is 5.75 Å². The minimum Gasteiger partial charge on any atom is -0.508 e. The molecule has 1 saturated carbocycles. The van der Waals surface area contributed by atoms with Crippen LogP contribution >= 0.6 is 0 Å². The summed E-state index contributed by atoms with van der Waals surface area (Å²) >= 11 is 0. The van der Waals surface area contributed by atoms with Gasteiger partial charge in [0.05, 0.1) is 6.42 Å². The highest BCUT2D eigenvalue weighted by Gasteiger charge is 2.18. The Morgan fingerprint density at radius 1 is 1.13 bits per heavy atom. The topological polar surface area (TPSA) is 105 Å². The Morgan fingerprint density at radius 2 is 1.78 bits per heavy atom. The van der Waals surface area contributed by atoms with Crippen molar-refractivity contribution < 1.29 is 24.2 Å². The second-order valence-electron chi connectivity index (χ2n) is 5.51. The molecule has 0 bridgehead atoms. The molecule has 7 nitrogen and oxygen atoms in total. The summed E-state index contributed by atoms with van der Waals surface area (Å²) in [6.07, 6.45) is 3.98. The zero-order valence-corrected chi connectivity index (χ0v) is 12.7. The number of ether oxygens (including phenoxy) is 1. The van der Waals surface area contributed by atoms with Gasteiger partial charge in [-0.1, -0.05) is 25.0 Å². The van der Waals surface area contributed by atoms with E-state index < -0.39 is 24.5 Å². The van der Waals surface area contributed by atoms with Crippen LogP contribution in [-0.2, 0) is 20.7 Å². The molecule has 7 heteroatoms. The predicted octanol–water partition coefficient (Wildman–Crippen LogP) is 1.25. The fourth-order valence-corrected chi connectivity index (χ4v) is 2.43. The van der Waals surface area contributed by atoms with Crippen LogP contribution in [0.4, 0.5) is 4.79 Å². The maximum Gasteiger partial charge on any atom is 0.321 e. The first-order valence-corrected chi connectivity index (χ1v) is 7.57. The molecule has 1 aromatic rings. The number of carbonyl (C=O) groups is 3. The highest BCUT2D eigenvalue weighted by atomic mass is 16.5. The third kappa shape index (κ3) is 5.98. The molecular weight excluding hydrogens is 300 g/mol. The Hall–Kier alpha value is -2.57. The highest BCUT2D eigenvalue weighted by Crippen LogP contribution is 2.17. The van der Waals surface area contributed by atoms with E-state index in [9.17, 15) is 14.4 Å². The Bertz CT molecular complexity index is 564. The molecule has 124 valence electrons. The molecule has 0 radical (unpaired) electrons. The number of phenolic OH excluding ortho intramolecular Hbond substituents is 1. The number of hydrogen-bond donors (Lipinski definition) is 3. The van der Waals surface area contributed by atoms with Crippen LogP contribution in [0.25, 0.3) is 0 Å². The van der Waals surface area contributed by atoms with Crippen LogP contribution in [-0.4, -0.2) is 35.7 Å². The maximum atomic E-state index is 11.6. The third-order valence-corrected chi connectivity index (χ3v) is 3.59. The second kappa shape index (κ2) is 8.17. The van der Waals surface area contributed by atoms with Gasteiger partial charge < -0.3 is 15.2 Å². The maximum absolute atomic E-state index is 11.6. The van der Waals surface area contributed by atoms with Crippen molar-refractivity contribution in [1.82, 2.24) is 10.6 Å². The van der Waals surface area contributed by atoms with Gasteiger partial charge >= 0.3 is 12.0 Å². The van der Waals surface area contributed by atoms with Crippen LogP contribution in [0.1, 0.15) is 31.2 Å². The molecule has 1 fully saturated rings. The van der Waals surface area contributed by atoms with Crippen molar-refractivity contribution in [3.8, 4) is 5.75 Å². The number of urea groups is 1. The van der Waals surface area contributed by atoms with Crippen molar-refractivity contribution in [2.75, 3.05) is 6.61 Å². The number of amides is 3. The molecule has 0 heterocycles. The third-order valence-electron chi connectivity index (χ3n) is 3.59. The van der Waals surface area contributed by atoms with Gasteiger partial charge in [-0.25, -0.2) is 4.79 Å². The lowest BCUT2D eigenvalue weighted by Gasteiger charge is -2.12. The Balaban J connectivity index is 1.65. The summed E-state index contributed by atoms with van der Waals surface area (Å²) < 4.78 is 4.82. The molecule has 2 rings (SSSR count). The minimum absolute atomic E-state index is 0.0121. The Morgan fingerprint density at radius 3 is 2.43 bits per heavy atom. The number of carbonyl (C=O) groups excluding carboxylic acids is 3. The van der Waals surface area contributed by atoms with Crippen LogP contribution in [0.15, 0.2) is 24.3 Å². The first-order valence-electron chi connectivity index (χ1n) is 7.57. The SMILES string of the molecule is O=C(COC(=O)Cc1ccc(O)cc1)NC(=O)NC1CCCC1. The van der Waals surface area contributed by atoms with Crippen molar-refractivity contribution in [1.29, 1.82) is 0 Å². The molecule has 1 aliphatic carbocycles. The lowest BCUT2D eigenvalue weighted by molar-refractivity contribution is -0.147. The van der Waals surface area contributed by atoms with Gasteiger partial charge in [-0.05, 0) is 30.5 Å². The van der Waals surface area contributed by atoms with Gasteiger partial charge in [0.1, 0.15) is 5.75 Å². The van der Waals surface area contributed by atoms with Crippen molar-refractivity contribution in [3.05, 3.63) is 29.8 Å². The summed E-state index contributed by atoms with van der Waals surface area (Å²) in [6.45, 7) is -0.505. The molecule has 3 N–H and O–H groups in total.